The predicted molar refractivity (Wildman–Crippen MR) is 108 cm³/mol. The van der Waals surface area contributed by atoms with Crippen LogP contribution in [0.1, 0.15) is 28.4 Å². The lowest BCUT2D eigenvalue weighted by molar-refractivity contribution is 0.0751. The fourth-order valence-electron chi connectivity index (χ4n) is 2.85. The SMILES string of the molecule is CCN(Cc1ccoc1)C(=O)c1cc(S(=O)(=O)Nc2ccccc2F)ccc1C. The monoisotopic (exact) mass is 416 g/mol. The molecule has 0 bridgehead atoms. The van der Waals surface area contributed by atoms with E-state index in [1.165, 1.54) is 36.6 Å². The largest absolute Gasteiger partial charge is 0.472 e. The van der Waals surface area contributed by atoms with Crippen molar-refractivity contribution >= 4 is 21.6 Å². The quantitative estimate of drug-likeness (QED) is 0.626. The van der Waals surface area contributed by atoms with E-state index in [4.69, 9.17) is 4.42 Å². The van der Waals surface area contributed by atoms with Gasteiger partial charge >= 0.3 is 0 Å². The molecule has 0 atom stereocenters. The van der Waals surface area contributed by atoms with Crippen molar-refractivity contribution in [3.8, 4) is 0 Å². The Balaban J connectivity index is 1.90. The number of carbonyl (C=O) groups is 1. The number of benzene rings is 2. The number of furan rings is 1. The van der Waals surface area contributed by atoms with Gasteiger partial charge in [0.05, 0.1) is 23.1 Å². The lowest BCUT2D eigenvalue weighted by Gasteiger charge is -2.21. The summed E-state index contributed by atoms with van der Waals surface area (Å²) in [5, 5.41) is 0. The Morgan fingerprint density at radius 2 is 1.93 bits per heavy atom. The average Bonchev–Trinajstić information content (AvgIpc) is 3.20. The molecule has 1 heterocycles. The molecule has 1 aromatic heterocycles. The summed E-state index contributed by atoms with van der Waals surface area (Å²) in [5.74, 6) is -0.981. The van der Waals surface area contributed by atoms with E-state index >= 15 is 0 Å². The van der Waals surface area contributed by atoms with Gasteiger partial charge in [-0.15, -0.1) is 0 Å². The third kappa shape index (κ3) is 4.65. The molecule has 0 aliphatic heterocycles. The van der Waals surface area contributed by atoms with Crippen LogP contribution in [0.25, 0.3) is 0 Å². The number of nitrogens with one attached hydrogen (secondary N) is 1. The Bertz CT molecular complexity index is 1110. The van der Waals surface area contributed by atoms with Gasteiger partial charge in [-0.05, 0) is 49.7 Å². The summed E-state index contributed by atoms with van der Waals surface area (Å²) in [6.45, 7) is 4.36. The third-order valence-electron chi connectivity index (χ3n) is 4.49. The van der Waals surface area contributed by atoms with Crippen LogP contribution in [-0.4, -0.2) is 25.8 Å². The van der Waals surface area contributed by atoms with Gasteiger partial charge < -0.3 is 9.32 Å². The molecule has 0 saturated carbocycles. The van der Waals surface area contributed by atoms with Crippen molar-refractivity contribution in [3.05, 3.63) is 83.6 Å². The van der Waals surface area contributed by atoms with E-state index < -0.39 is 15.8 Å². The van der Waals surface area contributed by atoms with E-state index in [0.29, 0.717) is 18.7 Å². The minimum Gasteiger partial charge on any atom is -0.472 e. The summed E-state index contributed by atoms with van der Waals surface area (Å²) in [6, 6.07) is 11.5. The summed E-state index contributed by atoms with van der Waals surface area (Å²) < 4.78 is 46.6. The fraction of sp³-hybridized carbons (Fsp3) is 0.190. The highest BCUT2D eigenvalue weighted by Crippen LogP contribution is 2.22. The molecule has 8 heteroatoms. The fourth-order valence-corrected chi connectivity index (χ4v) is 3.94. The highest BCUT2D eigenvalue weighted by molar-refractivity contribution is 7.92. The third-order valence-corrected chi connectivity index (χ3v) is 5.85. The molecule has 0 fully saturated rings. The summed E-state index contributed by atoms with van der Waals surface area (Å²) in [6.07, 6.45) is 3.09. The van der Waals surface area contributed by atoms with Crippen LogP contribution >= 0.6 is 0 Å². The van der Waals surface area contributed by atoms with E-state index in [2.05, 4.69) is 4.72 Å². The normalized spacial score (nSPS) is 11.3. The molecular formula is C21H21FN2O4S. The maximum atomic E-state index is 13.8. The number of para-hydroxylation sites is 1. The van der Waals surface area contributed by atoms with Crippen molar-refractivity contribution < 1.29 is 22.0 Å². The molecule has 3 rings (SSSR count). The number of anilines is 1. The molecule has 0 aliphatic rings. The van der Waals surface area contributed by atoms with Crippen LogP contribution in [0.5, 0.6) is 0 Å². The van der Waals surface area contributed by atoms with Crippen molar-refractivity contribution in [2.45, 2.75) is 25.3 Å². The highest BCUT2D eigenvalue weighted by atomic mass is 32.2. The Morgan fingerprint density at radius 1 is 1.17 bits per heavy atom. The zero-order valence-corrected chi connectivity index (χ0v) is 16.9. The number of amides is 1. The Hall–Kier alpha value is -3.13. The number of halogens is 1. The van der Waals surface area contributed by atoms with Crippen molar-refractivity contribution in [2.75, 3.05) is 11.3 Å². The van der Waals surface area contributed by atoms with Gasteiger partial charge in [0.15, 0.2) is 0 Å². The van der Waals surface area contributed by atoms with Gasteiger partial charge in [0.2, 0.25) is 0 Å². The summed E-state index contributed by atoms with van der Waals surface area (Å²) in [5.41, 5.74) is 1.59. The minimum absolute atomic E-state index is 0.117. The van der Waals surface area contributed by atoms with Gasteiger partial charge in [-0.1, -0.05) is 18.2 Å². The molecule has 1 N–H and O–H groups in total. The lowest BCUT2D eigenvalue weighted by Crippen LogP contribution is -2.31. The molecule has 2 aromatic carbocycles. The van der Waals surface area contributed by atoms with E-state index in [-0.39, 0.29) is 22.1 Å². The first-order valence-electron chi connectivity index (χ1n) is 9.00. The van der Waals surface area contributed by atoms with E-state index in [1.54, 1.807) is 30.2 Å². The van der Waals surface area contributed by atoms with Crippen LogP contribution in [0.2, 0.25) is 0 Å². The number of carbonyl (C=O) groups excluding carboxylic acids is 1. The standard InChI is InChI=1S/C21H21FN2O4S/c1-3-24(13-16-10-11-28-14-16)21(25)18-12-17(9-8-15(18)2)29(26,27)23-20-7-5-4-6-19(20)22/h4-12,14,23H,3,13H2,1-2H3. The number of rotatable bonds is 7. The smallest absolute Gasteiger partial charge is 0.262 e. The van der Waals surface area contributed by atoms with Gasteiger partial charge in [-0.2, -0.15) is 0 Å². The van der Waals surface area contributed by atoms with Crippen LogP contribution in [0.3, 0.4) is 0 Å². The summed E-state index contributed by atoms with van der Waals surface area (Å²) >= 11 is 0. The van der Waals surface area contributed by atoms with Gasteiger partial charge in [0, 0.05) is 24.2 Å². The second-order valence-corrected chi connectivity index (χ2v) is 8.20. The topological polar surface area (TPSA) is 79.6 Å². The zero-order valence-electron chi connectivity index (χ0n) is 16.1. The molecular weight excluding hydrogens is 395 g/mol. The molecule has 152 valence electrons. The molecule has 1 amide bonds. The molecule has 6 nitrogen and oxygen atoms in total. The van der Waals surface area contributed by atoms with E-state index in [0.717, 1.165) is 11.6 Å². The molecule has 29 heavy (non-hydrogen) atoms. The Labute approximate surface area is 169 Å². The molecule has 0 saturated heterocycles. The number of sulfonamides is 1. The van der Waals surface area contributed by atoms with Crippen molar-refractivity contribution in [1.29, 1.82) is 0 Å². The van der Waals surface area contributed by atoms with Crippen LogP contribution < -0.4 is 4.72 Å². The zero-order chi connectivity index (χ0) is 21.0. The predicted octanol–water partition coefficient (Wildman–Crippen LogP) is 4.19. The van der Waals surface area contributed by atoms with Gasteiger partial charge in [0.1, 0.15) is 5.82 Å². The first-order valence-corrected chi connectivity index (χ1v) is 10.5. The first-order chi connectivity index (χ1) is 13.8. The van der Waals surface area contributed by atoms with Gasteiger partial charge in [-0.3, -0.25) is 9.52 Å². The maximum Gasteiger partial charge on any atom is 0.262 e. The molecule has 0 aliphatic carbocycles. The Kier molecular flexibility index (Phi) is 6.03. The van der Waals surface area contributed by atoms with Crippen LogP contribution in [0.15, 0.2) is 70.4 Å². The van der Waals surface area contributed by atoms with Crippen molar-refractivity contribution in [3.63, 3.8) is 0 Å². The molecule has 0 spiro atoms. The van der Waals surface area contributed by atoms with Gasteiger partial charge in [-0.25, -0.2) is 12.8 Å². The van der Waals surface area contributed by atoms with Crippen LogP contribution in [0, 0.1) is 12.7 Å². The maximum absolute atomic E-state index is 13.8. The first kappa shape index (κ1) is 20.6. The highest BCUT2D eigenvalue weighted by Gasteiger charge is 2.22. The number of nitrogens with zero attached hydrogens (tertiary/aromatic N) is 1. The summed E-state index contributed by atoms with van der Waals surface area (Å²) in [4.78, 5) is 14.5. The van der Waals surface area contributed by atoms with Crippen molar-refractivity contribution in [1.82, 2.24) is 4.90 Å². The summed E-state index contributed by atoms with van der Waals surface area (Å²) in [7, 11) is -4.07. The Morgan fingerprint density at radius 3 is 2.59 bits per heavy atom. The minimum atomic E-state index is -4.07. The number of hydrogen-bond acceptors (Lipinski definition) is 4. The van der Waals surface area contributed by atoms with Crippen LogP contribution in [0.4, 0.5) is 10.1 Å². The number of aryl methyl sites for hydroxylation is 1. The van der Waals surface area contributed by atoms with Crippen LogP contribution in [-0.2, 0) is 16.6 Å². The van der Waals surface area contributed by atoms with Gasteiger partial charge in [0.25, 0.3) is 15.9 Å². The molecule has 0 radical (unpaired) electrons. The number of hydrogen-bond donors (Lipinski definition) is 1. The second kappa shape index (κ2) is 8.48. The van der Waals surface area contributed by atoms with Crippen molar-refractivity contribution in [2.24, 2.45) is 0 Å². The van der Waals surface area contributed by atoms with E-state index in [9.17, 15) is 17.6 Å². The average molecular weight is 416 g/mol. The molecule has 3 aromatic rings. The second-order valence-electron chi connectivity index (χ2n) is 6.51. The lowest BCUT2D eigenvalue weighted by atomic mass is 10.1. The van der Waals surface area contributed by atoms with E-state index in [1.807, 2.05) is 6.92 Å². The molecule has 0 unspecified atom stereocenters.